The Bertz CT molecular complexity index is 1500. The lowest BCUT2D eigenvalue weighted by Gasteiger charge is -2.19. The number of nitrogen functional groups attached to an aromatic ring is 1. The summed E-state index contributed by atoms with van der Waals surface area (Å²) in [6.07, 6.45) is 3.90. The van der Waals surface area contributed by atoms with Gasteiger partial charge in [-0.2, -0.15) is 0 Å². The Hall–Kier alpha value is -3.47. The number of nitrogens with two attached hydrogens (primary N) is 1. The minimum atomic E-state index is -3.69. The van der Waals surface area contributed by atoms with Gasteiger partial charge in [0.15, 0.2) is 0 Å². The largest absolute Gasteiger partial charge is 0.388 e. The predicted molar refractivity (Wildman–Crippen MR) is 142 cm³/mol. The van der Waals surface area contributed by atoms with Crippen LogP contribution in [0, 0.1) is 0 Å². The maximum atomic E-state index is 13.1. The number of hydrogen-bond acceptors (Lipinski definition) is 7. The van der Waals surface area contributed by atoms with Gasteiger partial charge in [-0.1, -0.05) is 24.3 Å². The molecular weight excluding hydrogens is 476 g/mol. The van der Waals surface area contributed by atoms with Crippen molar-refractivity contribution in [2.75, 3.05) is 25.2 Å². The molecule has 0 radical (unpaired) electrons. The van der Waals surface area contributed by atoms with E-state index in [4.69, 9.17) is 10.5 Å². The molecule has 2 atom stereocenters. The van der Waals surface area contributed by atoms with E-state index in [0.29, 0.717) is 11.5 Å². The molecule has 0 bridgehead atoms. The van der Waals surface area contributed by atoms with Gasteiger partial charge in [0, 0.05) is 38.5 Å². The molecule has 0 aliphatic heterocycles. The first-order chi connectivity index (χ1) is 17.3. The molecule has 5 rings (SSSR count). The third kappa shape index (κ3) is 4.21. The summed E-state index contributed by atoms with van der Waals surface area (Å²) in [4.78, 5) is 8.91. The van der Waals surface area contributed by atoms with Gasteiger partial charge in [0.1, 0.15) is 17.8 Å². The van der Waals surface area contributed by atoms with Crippen LogP contribution in [0.3, 0.4) is 0 Å². The summed E-state index contributed by atoms with van der Waals surface area (Å²) in [5.74, 6) is 0.369. The Kier molecular flexibility index (Phi) is 6.42. The third-order valence-electron chi connectivity index (χ3n) is 6.96. The maximum Gasteiger partial charge on any atom is 0.240 e. The van der Waals surface area contributed by atoms with Gasteiger partial charge in [0.2, 0.25) is 10.0 Å². The topological polar surface area (TPSA) is 124 Å². The molecule has 4 N–H and O–H groups in total. The van der Waals surface area contributed by atoms with Gasteiger partial charge >= 0.3 is 0 Å². The molecule has 2 aromatic heterocycles. The van der Waals surface area contributed by atoms with E-state index in [1.807, 2.05) is 55.1 Å². The fourth-order valence-corrected chi connectivity index (χ4v) is 6.40. The number of nitrogens with one attached hydrogen (secondary N) is 2. The highest BCUT2D eigenvalue weighted by Gasteiger charge is 2.31. The van der Waals surface area contributed by atoms with Crippen molar-refractivity contribution in [3.63, 3.8) is 0 Å². The number of aryl methyl sites for hydroxylation is 1. The van der Waals surface area contributed by atoms with E-state index in [1.165, 1.54) is 6.33 Å². The monoisotopic (exact) mass is 506 g/mol. The second-order valence-electron chi connectivity index (χ2n) is 9.02. The summed E-state index contributed by atoms with van der Waals surface area (Å²) in [6, 6.07) is 14.7. The zero-order valence-electron chi connectivity index (χ0n) is 20.5. The molecule has 0 saturated heterocycles. The lowest BCUT2D eigenvalue weighted by atomic mass is 9.99. The smallest absolute Gasteiger partial charge is 0.240 e. The van der Waals surface area contributed by atoms with Crippen molar-refractivity contribution in [2.24, 2.45) is 7.05 Å². The summed E-state index contributed by atoms with van der Waals surface area (Å²) in [7, 11) is 1.74. The first kappa shape index (κ1) is 24.2. The van der Waals surface area contributed by atoms with Crippen LogP contribution in [-0.2, 0) is 21.8 Å². The van der Waals surface area contributed by atoms with Crippen LogP contribution in [0.1, 0.15) is 19.3 Å². The standard InChI is InChI=1S/C26H30N6O3S/c1-28-18-11-7-17(8-12-18)24-22(23-25(27)29-15-30-26(23)32(24)2)16-9-13-19(14-10-16)36(33,34)31-20-5-4-6-21(20)35-3/h7-15,20-21,28,31H,4-6H2,1-3H3,(H2,27,29,30). The van der Waals surface area contributed by atoms with Crippen LogP contribution in [0.25, 0.3) is 33.4 Å². The minimum Gasteiger partial charge on any atom is -0.388 e. The summed E-state index contributed by atoms with van der Waals surface area (Å²) in [5.41, 5.74) is 11.6. The van der Waals surface area contributed by atoms with Crippen LogP contribution < -0.4 is 15.8 Å². The van der Waals surface area contributed by atoms with Crippen LogP contribution in [0.2, 0.25) is 0 Å². The van der Waals surface area contributed by atoms with Gasteiger partial charge in [-0.25, -0.2) is 23.1 Å². The molecule has 188 valence electrons. The Morgan fingerprint density at radius 3 is 2.39 bits per heavy atom. The molecule has 0 amide bonds. The van der Waals surface area contributed by atoms with E-state index in [0.717, 1.165) is 52.7 Å². The lowest BCUT2D eigenvalue weighted by molar-refractivity contribution is 0.0916. The second kappa shape index (κ2) is 9.53. The molecule has 9 nitrogen and oxygen atoms in total. The average molecular weight is 507 g/mol. The first-order valence-corrected chi connectivity index (χ1v) is 13.3. The second-order valence-corrected chi connectivity index (χ2v) is 10.7. The molecule has 1 aliphatic rings. The highest BCUT2D eigenvalue weighted by Crippen LogP contribution is 2.42. The number of hydrogen-bond donors (Lipinski definition) is 3. The average Bonchev–Trinajstić information content (AvgIpc) is 3.46. The first-order valence-electron chi connectivity index (χ1n) is 11.9. The van der Waals surface area contributed by atoms with E-state index in [2.05, 4.69) is 20.0 Å². The number of nitrogens with zero attached hydrogens (tertiary/aromatic N) is 3. The number of rotatable bonds is 7. The molecule has 2 heterocycles. The number of fused-ring (bicyclic) bond motifs is 1. The summed E-state index contributed by atoms with van der Waals surface area (Å²) in [6.45, 7) is 0. The van der Waals surface area contributed by atoms with Gasteiger partial charge in [-0.05, 0) is 54.7 Å². The molecule has 10 heteroatoms. The van der Waals surface area contributed by atoms with E-state index < -0.39 is 10.0 Å². The lowest BCUT2D eigenvalue weighted by Crippen LogP contribution is -2.40. The summed E-state index contributed by atoms with van der Waals surface area (Å²) >= 11 is 0. The van der Waals surface area contributed by atoms with Gasteiger partial charge in [-0.3, -0.25) is 0 Å². The molecule has 1 fully saturated rings. The molecule has 1 aliphatic carbocycles. The number of methoxy groups -OCH3 is 1. The van der Waals surface area contributed by atoms with Crippen molar-refractivity contribution in [2.45, 2.75) is 36.3 Å². The number of anilines is 2. The number of sulfonamides is 1. The van der Waals surface area contributed by atoms with Crippen LogP contribution in [-0.4, -0.2) is 49.3 Å². The fourth-order valence-electron chi connectivity index (χ4n) is 5.10. The Balaban J connectivity index is 1.59. The van der Waals surface area contributed by atoms with E-state index in [9.17, 15) is 8.42 Å². The van der Waals surface area contributed by atoms with Crippen molar-refractivity contribution in [1.29, 1.82) is 0 Å². The predicted octanol–water partition coefficient (Wildman–Crippen LogP) is 3.77. The number of aromatic nitrogens is 3. The summed E-state index contributed by atoms with van der Waals surface area (Å²) < 4.78 is 36.5. The van der Waals surface area contributed by atoms with Crippen molar-refractivity contribution in [1.82, 2.24) is 19.3 Å². The third-order valence-corrected chi connectivity index (χ3v) is 8.46. The minimum absolute atomic E-state index is 0.102. The zero-order chi connectivity index (χ0) is 25.4. The molecule has 2 unspecified atom stereocenters. The van der Waals surface area contributed by atoms with Crippen LogP contribution in [0.15, 0.2) is 59.8 Å². The van der Waals surface area contributed by atoms with Gasteiger partial charge in [0.25, 0.3) is 0 Å². The van der Waals surface area contributed by atoms with Crippen molar-refractivity contribution >= 4 is 32.6 Å². The molecular formula is C26H30N6O3S. The molecule has 1 saturated carbocycles. The number of benzene rings is 2. The highest BCUT2D eigenvalue weighted by atomic mass is 32.2. The van der Waals surface area contributed by atoms with Crippen molar-refractivity contribution < 1.29 is 13.2 Å². The summed E-state index contributed by atoms with van der Waals surface area (Å²) in [5, 5.41) is 3.87. The Morgan fingerprint density at radius 1 is 1.03 bits per heavy atom. The number of ether oxygens (including phenoxy) is 1. The van der Waals surface area contributed by atoms with E-state index in [-0.39, 0.29) is 17.0 Å². The normalized spacial score (nSPS) is 18.1. The highest BCUT2D eigenvalue weighted by molar-refractivity contribution is 7.89. The van der Waals surface area contributed by atoms with Gasteiger partial charge < -0.3 is 20.4 Å². The molecule has 2 aromatic carbocycles. The molecule has 4 aromatic rings. The maximum absolute atomic E-state index is 13.1. The molecule has 0 spiro atoms. The van der Waals surface area contributed by atoms with E-state index in [1.54, 1.807) is 19.2 Å². The fraction of sp³-hybridized carbons (Fsp3) is 0.308. The quantitative estimate of drug-likeness (QED) is 0.348. The zero-order valence-corrected chi connectivity index (χ0v) is 21.3. The Labute approximate surface area is 210 Å². The van der Waals surface area contributed by atoms with Crippen molar-refractivity contribution in [3.8, 4) is 22.4 Å². The van der Waals surface area contributed by atoms with Crippen LogP contribution in [0.4, 0.5) is 11.5 Å². The van der Waals surface area contributed by atoms with Crippen LogP contribution in [0.5, 0.6) is 0 Å². The van der Waals surface area contributed by atoms with E-state index >= 15 is 0 Å². The SMILES string of the molecule is CNc1ccc(-c2c(-c3ccc(S(=O)(=O)NC4CCCC4OC)cc3)c3c(N)ncnc3n2C)cc1. The Morgan fingerprint density at radius 2 is 1.72 bits per heavy atom. The molecule has 36 heavy (non-hydrogen) atoms. The van der Waals surface area contributed by atoms with Crippen molar-refractivity contribution in [3.05, 3.63) is 54.9 Å². The van der Waals surface area contributed by atoms with Gasteiger partial charge in [0.05, 0.1) is 22.1 Å². The van der Waals surface area contributed by atoms with Crippen LogP contribution >= 0.6 is 0 Å². The van der Waals surface area contributed by atoms with Gasteiger partial charge in [-0.15, -0.1) is 0 Å².